The molecule has 29 heavy (non-hydrogen) atoms. The Morgan fingerprint density at radius 1 is 1.24 bits per heavy atom. The van der Waals surface area contributed by atoms with Crippen LogP contribution in [0.4, 0.5) is 0 Å². The molecule has 5 rings (SSSR count). The Kier molecular flexibility index (Phi) is 4.49. The van der Waals surface area contributed by atoms with Crippen molar-refractivity contribution in [2.24, 2.45) is 0 Å². The van der Waals surface area contributed by atoms with Crippen LogP contribution in [0, 0.1) is 0 Å². The lowest BCUT2D eigenvalue weighted by Crippen LogP contribution is -2.40. The Morgan fingerprint density at radius 3 is 2.90 bits per heavy atom. The Hall–Kier alpha value is -2.90. The van der Waals surface area contributed by atoms with Crippen LogP contribution in [0.15, 0.2) is 52.6 Å². The highest BCUT2D eigenvalue weighted by molar-refractivity contribution is 7.10. The number of benzene rings is 1. The van der Waals surface area contributed by atoms with Gasteiger partial charge in [0.05, 0.1) is 24.4 Å². The number of H-pyrrole nitrogens is 1. The van der Waals surface area contributed by atoms with Gasteiger partial charge in [0, 0.05) is 33.6 Å². The van der Waals surface area contributed by atoms with Crippen molar-refractivity contribution in [1.82, 2.24) is 19.5 Å². The lowest BCUT2D eigenvalue weighted by molar-refractivity contribution is -0.131. The van der Waals surface area contributed by atoms with Gasteiger partial charge in [-0.3, -0.25) is 14.7 Å². The summed E-state index contributed by atoms with van der Waals surface area (Å²) >= 11 is 7.87. The normalized spacial score (nSPS) is 13.6. The van der Waals surface area contributed by atoms with Gasteiger partial charge < -0.3 is 4.90 Å². The van der Waals surface area contributed by atoms with Gasteiger partial charge in [0.15, 0.2) is 5.65 Å². The number of aromatic nitrogens is 3. The van der Waals surface area contributed by atoms with E-state index in [1.807, 2.05) is 41.8 Å². The Bertz CT molecular complexity index is 1280. The monoisotopic (exact) mass is 424 g/mol. The third-order valence-electron chi connectivity index (χ3n) is 5.19. The summed E-state index contributed by atoms with van der Waals surface area (Å²) in [5, 5.41) is 5.68. The van der Waals surface area contributed by atoms with Gasteiger partial charge in [-0.2, -0.15) is 0 Å². The first kappa shape index (κ1) is 18.1. The zero-order chi connectivity index (χ0) is 20.0. The van der Waals surface area contributed by atoms with Crippen molar-refractivity contribution in [3.05, 3.63) is 79.4 Å². The van der Waals surface area contributed by atoms with Crippen LogP contribution >= 0.6 is 22.9 Å². The van der Waals surface area contributed by atoms with Crippen molar-refractivity contribution in [3.63, 3.8) is 0 Å². The van der Waals surface area contributed by atoms with E-state index < -0.39 is 0 Å². The summed E-state index contributed by atoms with van der Waals surface area (Å²) in [6.45, 7) is 0.885. The van der Waals surface area contributed by atoms with Gasteiger partial charge in [-0.15, -0.1) is 11.3 Å². The highest BCUT2D eigenvalue weighted by Crippen LogP contribution is 2.27. The molecule has 4 heterocycles. The second kappa shape index (κ2) is 7.17. The minimum absolute atomic E-state index is 0.0610. The number of fused-ring (bicyclic) bond motifs is 2. The van der Waals surface area contributed by atoms with E-state index in [9.17, 15) is 9.59 Å². The molecule has 4 aromatic rings. The molecule has 0 aliphatic carbocycles. The molecule has 1 aliphatic heterocycles. The van der Waals surface area contributed by atoms with E-state index in [2.05, 4.69) is 10.1 Å². The van der Waals surface area contributed by atoms with Crippen LogP contribution in [-0.2, 0) is 24.2 Å². The Morgan fingerprint density at radius 2 is 2.10 bits per heavy atom. The van der Waals surface area contributed by atoms with Crippen molar-refractivity contribution in [2.45, 2.75) is 19.4 Å². The fraction of sp³-hybridized carbons (Fsp3) is 0.190. The van der Waals surface area contributed by atoms with E-state index in [-0.39, 0.29) is 11.5 Å². The van der Waals surface area contributed by atoms with Gasteiger partial charge in [0.1, 0.15) is 0 Å². The van der Waals surface area contributed by atoms with Crippen molar-refractivity contribution >= 4 is 34.5 Å². The molecule has 0 fully saturated rings. The fourth-order valence-corrected chi connectivity index (χ4v) is 4.63. The average molecular weight is 425 g/mol. The number of halogens is 1. The maximum absolute atomic E-state index is 13.0. The topological polar surface area (TPSA) is 70.5 Å². The first-order valence-corrected chi connectivity index (χ1v) is 10.5. The second-order valence-corrected chi connectivity index (χ2v) is 8.45. The van der Waals surface area contributed by atoms with Crippen LogP contribution in [0.3, 0.4) is 0 Å². The molecule has 8 heteroatoms. The van der Waals surface area contributed by atoms with Crippen LogP contribution < -0.4 is 5.56 Å². The van der Waals surface area contributed by atoms with Crippen LogP contribution in [-0.4, -0.2) is 31.9 Å². The summed E-state index contributed by atoms with van der Waals surface area (Å²) in [6.07, 6.45) is 0.885. The number of hydrogen-bond acceptors (Lipinski definition) is 4. The number of amides is 1. The molecule has 1 N–H and O–H groups in total. The first-order valence-electron chi connectivity index (χ1n) is 9.29. The van der Waals surface area contributed by atoms with Crippen molar-refractivity contribution < 1.29 is 4.79 Å². The number of carbonyl (C=O) groups excluding carboxylic acids is 1. The molecule has 0 radical (unpaired) electrons. The molecular formula is C21H17ClN4O2S. The minimum atomic E-state index is -0.117. The van der Waals surface area contributed by atoms with E-state index in [1.54, 1.807) is 22.3 Å². The molecule has 0 unspecified atom stereocenters. The summed E-state index contributed by atoms with van der Waals surface area (Å²) in [6, 6.07) is 13.2. The third-order valence-corrected chi connectivity index (χ3v) is 6.39. The zero-order valence-corrected chi connectivity index (χ0v) is 17.0. The number of aromatic amines is 1. The van der Waals surface area contributed by atoms with Crippen LogP contribution in [0.1, 0.15) is 16.1 Å². The number of carbonyl (C=O) groups is 1. The van der Waals surface area contributed by atoms with Gasteiger partial charge in [-0.1, -0.05) is 35.9 Å². The van der Waals surface area contributed by atoms with Crippen molar-refractivity contribution in [2.75, 3.05) is 6.54 Å². The van der Waals surface area contributed by atoms with Crippen molar-refractivity contribution in [1.29, 1.82) is 0 Å². The fourth-order valence-electron chi connectivity index (χ4n) is 3.70. The molecule has 146 valence electrons. The molecule has 3 aromatic heterocycles. The standard InChI is InChI=1S/C21H17ClN4O2S/c22-16-6-2-1-5-14(16)17-11-19-23-18-12-25(20(27)10-13-4-3-9-29-13)8-7-15(18)21(28)26(19)24-17/h1-6,9,11,24H,7-8,10,12H2. The molecule has 1 aromatic carbocycles. The number of thiophene rings is 1. The number of nitrogens with one attached hydrogen (secondary N) is 1. The Balaban J connectivity index is 1.49. The van der Waals surface area contributed by atoms with Gasteiger partial charge in [0.25, 0.3) is 5.56 Å². The number of rotatable bonds is 3. The summed E-state index contributed by atoms with van der Waals surface area (Å²) < 4.78 is 1.46. The Labute approximate surface area is 175 Å². The van der Waals surface area contributed by atoms with E-state index >= 15 is 0 Å². The smallest absolute Gasteiger partial charge is 0.276 e. The van der Waals surface area contributed by atoms with E-state index in [1.165, 1.54) is 4.52 Å². The van der Waals surface area contributed by atoms with Crippen LogP contribution in [0.2, 0.25) is 5.02 Å². The van der Waals surface area contributed by atoms with Crippen LogP contribution in [0.25, 0.3) is 16.9 Å². The lowest BCUT2D eigenvalue weighted by Gasteiger charge is -2.27. The maximum Gasteiger partial charge on any atom is 0.276 e. The molecule has 0 saturated carbocycles. The molecule has 6 nitrogen and oxygen atoms in total. The molecule has 0 saturated heterocycles. The summed E-state index contributed by atoms with van der Waals surface area (Å²) in [7, 11) is 0. The zero-order valence-electron chi connectivity index (χ0n) is 15.4. The second-order valence-electron chi connectivity index (χ2n) is 7.01. The van der Waals surface area contributed by atoms with E-state index in [0.717, 1.165) is 16.1 Å². The summed E-state index contributed by atoms with van der Waals surface area (Å²) in [5.41, 5.74) is 3.28. The van der Waals surface area contributed by atoms with Crippen molar-refractivity contribution in [3.8, 4) is 11.3 Å². The maximum atomic E-state index is 13.0. The SMILES string of the molecule is O=C(Cc1cccs1)N1CCc2c(nc3cc(-c4ccccc4Cl)[nH]n3c2=O)C1. The predicted octanol–water partition coefficient (Wildman–Crippen LogP) is 3.53. The third kappa shape index (κ3) is 3.26. The van der Waals surface area contributed by atoms with Crippen LogP contribution in [0.5, 0.6) is 0 Å². The molecular weight excluding hydrogens is 408 g/mol. The van der Waals surface area contributed by atoms with E-state index in [0.29, 0.717) is 47.9 Å². The molecule has 1 amide bonds. The van der Waals surface area contributed by atoms with Gasteiger partial charge in [-0.25, -0.2) is 9.50 Å². The molecule has 0 spiro atoms. The lowest BCUT2D eigenvalue weighted by atomic mass is 10.1. The van der Waals surface area contributed by atoms with Gasteiger partial charge in [-0.05, 0) is 23.9 Å². The summed E-state index contributed by atoms with van der Waals surface area (Å²) in [4.78, 5) is 33.1. The predicted molar refractivity (Wildman–Crippen MR) is 113 cm³/mol. The quantitative estimate of drug-likeness (QED) is 0.547. The minimum Gasteiger partial charge on any atom is -0.336 e. The first-order chi connectivity index (χ1) is 14.1. The van der Waals surface area contributed by atoms with Gasteiger partial charge >= 0.3 is 0 Å². The average Bonchev–Trinajstić information content (AvgIpc) is 3.38. The summed E-state index contributed by atoms with van der Waals surface area (Å²) in [5.74, 6) is 0.0610. The number of nitrogens with zero attached hydrogens (tertiary/aromatic N) is 3. The molecule has 0 bridgehead atoms. The van der Waals surface area contributed by atoms with E-state index in [4.69, 9.17) is 11.6 Å². The largest absolute Gasteiger partial charge is 0.336 e. The highest BCUT2D eigenvalue weighted by atomic mass is 35.5. The number of hydrogen-bond donors (Lipinski definition) is 1. The van der Waals surface area contributed by atoms with Gasteiger partial charge in [0.2, 0.25) is 5.91 Å². The molecule has 0 atom stereocenters. The molecule has 1 aliphatic rings. The highest BCUT2D eigenvalue weighted by Gasteiger charge is 2.25.